The van der Waals surface area contributed by atoms with Gasteiger partial charge in [-0.25, -0.2) is 4.98 Å². The van der Waals surface area contributed by atoms with Crippen LogP contribution in [-0.2, 0) is 0 Å². The molecule has 0 unspecified atom stereocenters. The van der Waals surface area contributed by atoms with Crippen molar-refractivity contribution < 1.29 is 5.11 Å². The van der Waals surface area contributed by atoms with E-state index in [1.54, 1.807) is 29.5 Å². The summed E-state index contributed by atoms with van der Waals surface area (Å²) >= 11 is 1.59. The van der Waals surface area contributed by atoms with Gasteiger partial charge in [-0.2, -0.15) is 0 Å². The minimum Gasteiger partial charge on any atom is -0.506 e. The van der Waals surface area contributed by atoms with E-state index in [0.29, 0.717) is 5.69 Å². The van der Waals surface area contributed by atoms with Crippen LogP contribution in [0.3, 0.4) is 0 Å². The van der Waals surface area contributed by atoms with Crippen LogP contribution in [0.25, 0.3) is 11.3 Å². The SMILES string of the molecule is Cc1nc(-c2ccc(O)c(N)c2)cs1. The van der Waals surface area contributed by atoms with Crippen molar-refractivity contribution in [2.24, 2.45) is 0 Å². The zero-order valence-corrected chi connectivity index (χ0v) is 8.51. The molecule has 0 atom stereocenters. The fourth-order valence-electron chi connectivity index (χ4n) is 1.21. The summed E-state index contributed by atoms with van der Waals surface area (Å²) in [6, 6.07) is 5.11. The molecule has 0 aliphatic heterocycles. The average molecular weight is 206 g/mol. The Balaban J connectivity index is 2.47. The molecule has 14 heavy (non-hydrogen) atoms. The van der Waals surface area contributed by atoms with E-state index in [4.69, 9.17) is 5.73 Å². The number of hydrogen-bond donors (Lipinski definition) is 2. The van der Waals surface area contributed by atoms with Crippen molar-refractivity contribution in [1.82, 2.24) is 4.98 Å². The number of aromatic hydroxyl groups is 1. The Morgan fingerprint density at radius 1 is 1.43 bits per heavy atom. The first-order valence-corrected chi connectivity index (χ1v) is 5.06. The lowest BCUT2D eigenvalue weighted by Crippen LogP contribution is -1.86. The highest BCUT2D eigenvalue weighted by Gasteiger charge is 2.04. The standard InChI is InChI=1S/C10H10N2OS/c1-6-12-9(5-14-6)7-2-3-10(13)8(11)4-7/h2-5,13H,11H2,1H3. The molecule has 0 amide bonds. The van der Waals surface area contributed by atoms with Gasteiger partial charge in [0.2, 0.25) is 0 Å². The molecule has 2 rings (SSSR count). The van der Waals surface area contributed by atoms with E-state index in [1.165, 1.54) is 0 Å². The molecular weight excluding hydrogens is 196 g/mol. The molecule has 72 valence electrons. The minimum atomic E-state index is 0.112. The van der Waals surface area contributed by atoms with Crippen LogP contribution in [-0.4, -0.2) is 10.1 Å². The number of nitrogens with two attached hydrogens (primary N) is 1. The number of aryl methyl sites for hydroxylation is 1. The van der Waals surface area contributed by atoms with Crippen molar-refractivity contribution in [1.29, 1.82) is 0 Å². The van der Waals surface area contributed by atoms with E-state index in [-0.39, 0.29) is 5.75 Å². The molecule has 0 saturated carbocycles. The molecule has 0 saturated heterocycles. The average Bonchev–Trinajstić information content (AvgIpc) is 2.57. The van der Waals surface area contributed by atoms with Crippen LogP contribution in [0.4, 0.5) is 5.69 Å². The lowest BCUT2D eigenvalue weighted by atomic mass is 10.1. The third-order valence-electron chi connectivity index (χ3n) is 1.94. The molecule has 0 radical (unpaired) electrons. The Morgan fingerprint density at radius 2 is 2.21 bits per heavy atom. The van der Waals surface area contributed by atoms with Gasteiger partial charge < -0.3 is 10.8 Å². The number of aromatic nitrogens is 1. The van der Waals surface area contributed by atoms with Crippen molar-refractivity contribution in [3.8, 4) is 17.0 Å². The van der Waals surface area contributed by atoms with Gasteiger partial charge in [0.15, 0.2) is 0 Å². The Morgan fingerprint density at radius 3 is 2.79 bits per heavy atom. The van der Waals surface area contributed by atoms with E-state index in [1.807, 2.05) is 12.3 Å². The van der Waals surface area contributed by atoms with Gasteiger partial charge in [-0.3, -0.25) is 0 Å². The zero-order valence-electron chi connectivity index (χ0n) is 7.69. The van der Waals surface area contributed by atoms with Crippen LogP contribution >= 0.6 is 11.3 Å². The highest BCUT2D eigenvalue weighted by Crippen LogP contribution is 2.27. The second-order valence-corrected chi connectivity index (χ2v) is 4.09. The maximum atomic E-state index is 9.25. The molecule has 1 aromatic heterocycles. The van der Waals surface area contributed by atoms with Crippen molar-refractivity contribution in [3.63, 3.8) is 0 Å². The molecule has 0 aliphatic rings. The van der Waals surface area contributed by atoms with E-state index in [2.05, 4.69) is 4.98 Å². The van der Waals surface area contributed by atoms with Gasteiger partial charge >= 0.3 is 0 Å². The molecule has 0 aliphatic carbocycles. The summed E-state index contributed by atoms with van der Waals surface area (Å²) in [4.78, 5) is 4.33. The van der Waals surface area contributed by atoms with Crippen LogP contribution in [0, 0.1) is 6.92 Å². The molecule has 0 fully saturated rings. The van der Waals surface area contributed by atoms with Gasteiger partial charge in [-0.05, 0) is 25.1 Å². The van der Waals surface area contributed by atoms with Crippen molar-refractivity contribution >= 4 is 17.0 Å². The number of nitrogen functional groups attached to an aromatic ring is 1. The van der Waals surface area contributed by atoms with Crippen LogP contribution in [0.5, 0.6) is 5.75 Å². The number of hydrogen-bond acceptors (Lipinski definition) is 4. The second-order valence-electron chi connectivity index (χ2n) is 3.03. The predicted molar refractivity (Wildman–Crippen MR) is 58.4 cm³/mol. The van der Waals surface area contributed by atoms with Crippen LogP contribution < -0.4 is 5.73 Å². The van der Waals surface area contributed by atoms with Gasteiger partial charge in [0.25, 0.3) is 0 Å². The Hall–Kier alpha value is -1.55. The Kier molecular flexibility index (Phi) is 2.13. The van der Waals surface area contributed by atoms with E-state index in [0.717, 1.165) is 16.3 Å². The summed E-state index contributed by atoms with van der Waals surface area (Å²) in [5.74, 6) is 0.112. The van der Waals surface area contributed by atoms with Crippen LogP contribution in [0.2, 0.25) is 0 Å². The number of rotatable bonds is 1. The third kappa shape index (κ3) is 1.56. The third-order valence-corrected chi connectivity index (χ3v) is 2.72. The van der Waals surface area contributed by atoms with Gasteiger partial charge in [0.05, 0.1) is 16.4 Å². The summed E-state index contributed by atoms with van der Waals surface area (Å²) in [7, 11) is 0. The first-order chi connectivity index (χ1) is 6.66. The van der Waals surface area contributed by atoms with Crippen molar-refractivity contribution in [3.05, 3.63) is 28.6 Å². The molecule has 0 spiro atoms. The Labute approximate surface area is 85.8 Å². The van der Waals surface area contributed by atoms with E-state index in [9.17, 15) is 5.11 Å². The maximum Gasteiger partial charge on any atom is 0.138 e. The molecular formula is C10H10N2OS. The fourth-order valence-corrected chi connectivity index (χ4v) is 1.83. The highest BCUT2D eigenvalue weighted by atomic mass is 32.1. The van der Waals surface area contributed by atoms with Crippen LogP contribution in [0.1, 0.15) is 5.01 Å². The lowest BCUT2D eigenvalue weighted by molar-refractivity contribution is 0.478. The van der Waals surface area contributed by atoms with Crippen molar-refractivity contribution in [2.75, 3.05) is 5.73 Å². The largest absolute Gasteiger partial charge is 0.506 e. The number of benzene rings is 1. The van der Waals surface area contributed by atoms with Crippen LogP contribution in [0.15, 0.2) is 23.6 Å². The fraction of sp³-hybridized carbons (Fsp3) is 0.100. The lowest BCUT2D eigenvalue weighted by Gasteiger charge is -2.00. The number of anilines is 1. The molecule has 3 nitrogen and oxygen atoms in total. The summed E-state index contributed by atoms with van der Waals surface area (Å²) in [5.41, 5.74) is 7.81. The molecule has 1 aromatic carbocycles. The summed E-state index contributed by atoms with van der Waals surface area (Å²) < 4.78 is 0. The molecule has 0 bridgehead atoms. The number of nitrogens with zero attached hydrogens (tertiary/aromatic N) is 1. The highest BCUT2D eigenvalue weighted by molar-refractivity contribution is 7.09. The van der Waals surface area contributed by atoms with E-state index >= 15 is 0 Å². The number of phenolic OH excluding ortho intramolecular Hbond substituents is 1. The number of phenols is 1. The smallest absolute Gasteiger partial charge is 0.138 e. The maximum absolute atomic E-state index is 9.25. The first-order valence-electron chi connectivity index (χ1n) is 4.18. The summed E-state index contributed by atoms with van der Waals surface area (Å²) in [6.07, 6.45) is 0. The number of thiazole rings is 1. The second kappa shape index (κ2) is 3.31. The van der Waals surface area contributed by atoms with Gasteiger partial charge in [-0.15, -0.1) is 11.3 Å². The topological polar surface area (TPSA) is 59.1 Å². The van der Waals surface area contributed by atoms with E-state index < -0.39 is 0 Å². The van der Waals surface area contributed by atoms with Gasteiger partial charge in [0, 0.05) is 10.9 Å². The van der Waals surface area contributed by atoms with Gasteiger partial charge in [-0.1, -0.05) is 0 Å². The minimum absolute atomic E-state index is 0.112. The molecule has 4 heteroatoms. The predicted octanol–water partition coefficient (Wildman–Crippen LogP) is 2.41. The molecule has 1 heterocycles. The molecule has 3 N–H and O–H groups in total. The zero-order chi connectivity index (χ0) is 10.1. The molecule has 2 aromatic rings. The monoisotopic (exact) mass is 206 g/mol. The summed E-state index contributed by atoms with van der Waals surface area (Å²) in [5, 5.41) is 12.2. The normalized spacial score (nSPS) is 10.4. The summed E-state index contributed by atoms with van der Waals surface area (Å²) in [6.45, 7) is 1.96. The Bertz CT molecular complexity index is 465. The van der Waals surface area contributed by atoms with Gasteiger partial charge in [0.1, 0.15) is 5.75 Å². The first kappa shape index (κ1) is 9.02. The quantitative estimate of drug-likeness (QED) is 0.556. The van der Waals surface area contributed by atoms with Crippen molar-refractivity contribution in [2.45, 2.75) is 6.92 Å².